The lowest BCUT2D eigenvalue weighted by Gasteiger charge is -2.18. The molecule has 0 bridgehead atoms. The molecule has 1 amide bonds. The van der Waals surface area contributed by atoms with E-state index < -0.39 is 0 Å². The highest BCUT2D eigenvalue weighted by Gasteiger charge is 2.27. The summed E-state index contributed by atoms with van der Waals surface area (Å²) in [5.74, 6) is 1.11. The maximum Gasteiger partial charge on any atom is 0.260 e. The molecule has 1 aromatic heterocycles. The monoisotopic (exact) mass is 427 g/mol. The first-order valence-electron chi connectivity index (χ1n) is 7.60. The second-order valence-corrected chi connectivity index (χ2v) is 7.97. The molecule has 1 aliphatic heterocycles. The van der Waals surface area contributed by atoms with Gasteiger partial charge in [0.15, 0.2) is 5.16 Å². The quantitative estimate of drug-likeness (QED) is 0.520. The molecule has 0 aliphatic carbocycles. The summed E-state index contributed by atoms with van der Waals surface area (Å²) < 4.78 is 5.35. The predicted molar refractivity (Wildman–Crippen MR) is 108 cm³/mol. The van der Waals surface area contributed by atoms with Crippen LogP contribution in [-0.4, -0.2) is 46.4 Å². The predicted octanol–water partition coefficient (Wildman–Crippen LogP) is 4.70. The Labute approximate surface area is 170 Å². The number of hydrogen-bond donors (Lipinski definition) is 0. The normalized spacial score (nSPS) is 15.5. The number of aromatic nitrogens is 2. The van der Waals surface area contributed by atoms with Gasteiger partial charge in [-0.1, -0.05) is 35.0 Å². The van der Waals surface area contributed by atoms with Crippen molar-refractivity contribution in [2.24, 2.45) is 0 Å². The minimum atomic E-state index is -0.163. The van der Waals surface area contributed by atoms with Crippen LogP contribution in [0.25, 0.3) is 6.08 Å². The molecule has 9 heteroatoms. The average Bonchev–Trinajstić information content (AvgIpc) is 3.09. The van der Waals surface area contributed by atoms with Crippen LogP contribution in [0, 0.1) is 0 Å². The Morgan fingerprint density at radius 1 is 1.42 bits per heavy atom. The van der Waals surface area contributed by atoms with Crippen LogP contribution in [0.2, 0.25) is 10.0 Å². The van der Waals surface area contributed by atoms with E-state index in [1.54, 1.807) is 48.2 Å². The highest BCUT2D eigenvalue weighted by atomic mass is 35.5. The second-order valence-electron chi connectivity index (χ2n) is 5.23. The number of halogens is 2. The van der Waals surface area contributed by atoms with Crippen molar-refractivity contribution in [2.75, 3.05) is 25.7 Å². The van der Waals surface area contributed by atoms with Crippen molar-refractivity contribution in [1.82, 2.24) is 14.9 Å². The number of ether oxygens (including phenoxy) is 1. The molecule has 2 heterocycles. The molecule has 0 saturated carbocycles. The lowest BCUT2D eigenvalue weighted by Crippen LogP contribution is -2.27. The van der Waals surface area contributed by atoms with Crippen LogP contribution < -0.4 is 4.74 Å². The Morgan fingerprint density at radius 3 is 2.92 bits per heavy atom. The molecule has 26 heavy (non-hydrogen) atoms. The number of carbonyl (C=O) groups excluding carboxylic acids is 1. The van der Waals surface area contributed by atoms with Crippen molar-refractivity contribution in [3.63, 3.8) is 0 Å². The molecular weight excluding hydrogens is 413 g/mol. The minimum absolute atomic E-state index is 0.163. The van der Waals surface area contributed by atoms with Crippen molar-refractivity contribution in [3.05, 3.63) is 50.6 Å². The van der Waals surface area contributed by atoms with Crippen molar-refractivity contribution < 1.29 is 9.53 Å². The fraction of sp³-hybridized carbons (Fsp3) is 0.235. The van der Waals surface area contributed by atoms with Crippen LogP contribution in [0.5, 0.6) is 5.88 Å². The van der Waals surface area contributed by atoms with Gasteiger partial charge in [0.1, 0.15) is 0 Å². The van der Waals surface area contributed by atoms with E-state index in [-0.39, 0.29) is 5.91 Å². The van der Waals surface area contributed by atoms with Gasteiger partial charge in [0, 0.05) is 23.5 Å². The number of amides is 1. The van der Waals surface area contributed by atoms with Crippen LogP contribution in [0.1, 0.15) is 15.9 Å². The van der Waals surface area contributed by atoms with E-state index in [2.05, 4.69) is 9.97 Å². The Hall–Kier alpha value is -1.41. The van der Waals surface area contributed by atoms with Crippen molar-refractivity contribution in [3.8, 4) is 5.88 Å². The second kappa shape index (κ2) is 8.52. The molecule has 0 unspecified atom stereocenters. The fourth-order valence-corrected chi connectivity index (χ4v) is 4.26. The summed E-state index contributed by atoms with van der Waals surface area (Å²) in [6.07, 6.45) is 5.46. The zero-order valence-electron chi connectivity index (χ0n) is 14.0. The molecule has 0 spiro atoms. The van der Waals surface area contributed by atoms with Crippen molar-refractivity contribution in [1.29, 1.82) is 0 Å². The van der Waals surface area contributed by atoms with E-state index in [0.717, 1.165) is 16.3 Å². The van der Waals surface area contributed by atoms with Gasteiger partial charge in [-0.05, 0) is 30.5 Å². The largest absolute Gasteiger partial charge is 0.480 e. The van der Waals surface area contributed by atoms with E-state index in [4.69, 9.17) is 27.9 Å². The summed E-state index contributed by atoms with van der Waals surface area (Å²) >= 11 is 15.1. The first kappa shape index (κ1) is 19.4. The zero-order chi connectivity index (χ0) is 18.7. The summed E-state index contributed by atoms with van der Waals surface area (Å²) in [6, 6.07) is 4.87. The van der Waals surface area contributed by atoms with Gasteiger partial charge in [0.25, 0.3) is 5.91 Å². The third kappa shape index (κ3) is 4.11. The van der Waals surface area contributed by atoms with Crippen LogP contribution in [-0.2, 0) is 0 Å². The standard InChI is InChI=1S/C17H15Cl2N3O2S2/c1-24-15-10(9-20-17(21-15)25-2)7-14-22(5-6-26-14)16(23)12-4-3-11(18)8-13(12)19/h3-4,7-9H,5-6H2,1-2H3/b14-7+. The number of rotatable bonds is 4. The maximum absolute atomic E-state index is 12.9. The molecule has 0 N–H and O–H groups in total. The number of nitrogens with zero attached hydrogens (tertiary/aromatic N) is 3. The Kier molecular flexibility index (Phi) is 6.34. The first-order valence-corrected chi connectivity index (χ1v) is 10.6. The van der Waals surface area contributed by atoms with Gasteiger partial charge in [0.05, 0.1) is 28.3 Å². The first-order chi connectivity index (χ1) is 12.5. The third-order valence-electron chi connectivity index (χ3n) is 3.65. The number of hydrogen-bond acceptors (Lipinski definition) is 6. The lowest BCUT2D eigenvalue weighted by atomic mass is 10.2. The lowest BCUT2D eigenvalue weighted by molar-refractivity contribution is 0.0831. The van der Waals surface area contributed by atoms with Gasteiger partial charge in [0.2, 0.25) is 5.88 Å². The summed E-state index contributed by atoms with van der Waals surface area (Å²) in [5.41, 5.74) is 1.14. The van der Waals surface area contributed by atoms with Crippen molar-refractivity contribution in [2.45, 2.75) is 5.16 Å². The summed E-state index contributed by atoms with van der Waals surface area (Å²) in [4.78, 5) is 23.2. The van der Waals surface area contributed by atoms with Crippen LogP contribution in [0.4, 0.5) is 0 Å². The van der Waals surface area contributed by atoms with E-state index in [1.807, 2.05) is 12.3 Å². The molecule has 2 aromatic rings. The van der Waals surface area contributed by atoms with Crippen LogP contribution in [0.15, 0.2) is 34.6 Å². The van der Waals surface area contributed by atoms with Gasteiger partial charge in [-0.3, -0.25) is 4.79 Å². The van der Waals surface area contributed by atoms with Gasteiger partial charge >= 0.3 is 0 Å². The Bertz CT molecular complexity index is 877. The number of benzene rings is 1. The molecular formula is C17H15Cl2N3O2S2. The maximum atomic E-state index is 12.9. The van der Waals surface area contributed by atoms with Crippen LogP contribution >= 0.6 is 46.7 Å². The summed E-state index contributed by atoms with van der Waals surface area (Å²) in [6.45, 7) is 0.598. The topological polar surface area (TPSA) is 55.3 Å². The smallest absolute Gasteiger partial charge is 0.260 e. The highest BCUT2D eigenvalue weighted by molar-refractivity contribution is 8.03. The molecule has 1 fully saturated rings. The Balaban J connectivity index is 1.93. The SMILES string of the molecule is COc1nc(SC)ncc1/C=C1/SCCN1C(=O)c1ccc(Cl)cc1Cl. The van der Waals surface area contributed by atoms with E-state index in [0.29, 0.717) is 33.2 Å². The number of carbonyl (C=O) groups is 1. The molecule has 0 radical (unpaired) electrons. The summed E-state index contributed by atoms with van der Waals surface area (Å²) in [5, 5.41) is 2.27. The fourth-order valence-electron chi connectivity index (χ4n) is 2.41. The zero-order valence-corrected chi connectivity index (χ0v) is 17.2. The Morgan fingerprint density at radius 2 is 2.23 bits per heavy atom. The number of thioether (sulfide) groups is 2. The number of methoxy groups -OCH3 is 1. The van der Waals surface area contributed by atoms with Crippen molar-refractivity contribution >= 4 is 58.7 Å². The molecule has 3 rings (SSSR count). The van der Waals surface area contributed by atoms with E-state index >= 15 is 0 Å². The third-order valence-corrected chi connectivity index (χ3v) is 5.78. The molecule has 0 atom stereocenters. The van der Waals surface area contributed by atoms with E-state index in [9.17, 15) is 4.79 Å². The molecule has 1 saturated heterocycles. The van der Waals surface area contributed by atoms with Gasteiger partial charge in [-0.2, -0.15) is 4.98 Å². The molecule has 136 valence electrons. The van der Waals surface area contributed by atoms with E-state index in [1.165, 1.54) is 11.8 Å². The minimum Gasteiger partial charge on any atom is -0.480 e. The molecule has 5 nitrogen and oxygen atoms in total. The molecule has 1 aliphatic rings. The van der Waals surface area contributed by atoms with Gasteiger partial charge in [-0.15, -0.1) is 11.8 Å². The van der Waals surface area contributed by atoms with Gasteiger partial charge < -0.3 is 9.64 Å². The average molecular weight is 428 g/mol. The molecule has 1 aromatic carbocycles. The van der Waals surface area contributed by atoms with Crippen LogP contribution in [0.3, 0.4) is 0 Å². The highest BCUT2D eigenvalue weighted by Crippen LogP contribution is 2.34. The van der Waals surface area contributed by atoms with Gasteiger partial charge in [-0.25, -0.2) is 4.98 Å². The summed E-state index contributed by atoms with van der Waals surface area (Å²) in [7, 11) is 1.56.